The number of amides is 1. The molecule has 1 atom stereocenters. The Hall–Kier alpha value is -1.84. The number of aryl methyl sites for hydroxylation is 2. The molecule has 27 heavy (non-hydrogen) atoms. The molecule has 0 spiro atoms. The van der Waals surface area contributed by atoms with Gasteiger partial charge in [0.25, 0.3) is 0 Å². The lowest BCUT2D eigenvalue weighted by molar-refractivity contribution is -0.152. The minimum atomic E-state index is -0.615. The zero-order chi connectivity index (χ0) is 19.2. The number of carbonyl (C=O) groups excluding carboxylic acids is 2. The summed E-state index contributed by atoms with van der Waals surface area (Å²) in [5.41, 5.74) is 3.17. The van der Waals surface area contributed by atoms with E-state index in [1.165, 1.54) is 26.4 Å². The molecule has 0 radical (unpaired) electrons. The summed E-state index contributed by atoms with van der Waals surface area (Å²) in [6.07, 6.45) is 7.40. The molecular weight excluding hydrogens is 338 g/mol. The fraction of sp³-hybridized carbons (Fsp3) is 0.652. The van der Waals surface area contributed by atoms with Gasteiger partial charge in [-0.25, -0.2) is 4.79 Å². The Morgan fingerprint density at radius 2 is 1.59 bits per heavy atom. The summed E-state index contributed by atoms with van der Waals surface area (Å²) >= 11 is 0. The van der Waals surface area contributed by atoms with Gasteiger partial charge in [-0.1, -0.05) is 18.2 Å². The van der Waals surface area contributed by atoms with Gasteiger partial charge in [-0.05, 0) is 86.8 Å². The Labute approximate surface area is 162 Å². The summed E-state index contributed by atoms with van der Waals surface area (Å²) in [5, 5.41) is 3.11. The van der Waals surface area contributed by atoms with Crippen LogP contribution >= 0.6 is 0 Å². The predicted molar refractivity (Wildman–Crippen MR) is 104 cm³/mol. The van der Waals surface area contributed by atoms with Crippen LogP contribution in [0.15, 0.2) is 18.2 Å². The molecule has 146 valence electrons. The Morgan fingerprint density at radius 1 is 1.07 bits per heavy atom. The maximum absolute atomic E-state index is 13.4. The lowest BCUT2D eigenvalue weighted by Gasteiger charge is -2.55. The highest BCUT2D eigenvalue weighted by atomic mass is 16.5. The van der Waals surface area contributed by atoms with Crippen molar-refractivity contribution in [2.45, 2.75) is 64.8 Å². The molecule has 1 aromatic carbocycles. The molecule has 0 heterocycles. The third-order valence-electron chi connectivity index (χ3n) is 7.36. The maximum Gasteiger partial charge on any atom is 0.328 e. The monoisotopic (exact) mass is 369 g/mol. The second-order valence-electron chi connectivity index (χ2n) is 9.32. The van der Waals surface area contributed by atoms with Crippen molar-refractivity contribution in [3.05, 3.63) is 34.9 Å². The first-order valence-corrected chi connectivity index (χ1v) is 10.3. The molecule has 0 aliphatic heterocycles. The number of rotatable bonds is 5. The molecule has 1 N–H and O–H groups in total. The normalized spacial score (nSPS) is 32.2. The molecule has 4 fully saturated rings. The van der Waals surface area contributed by atoms with Crippen molar-refractivity contribution in [3.63, 3.8) is 0 Å². The number of methoxy groups -OCH3 is 1. The van der Waals surface area contributed by atoms with Gasteiger partial charge in [0, 0.05) is 11.8 Å². The summed E-state index contributed by atoms with van der Waals surface area (Å²) in [6, 6.07) is 5.51. The van der Waals surface area contributed by atoms with E-state index in [-0.39, 0.29) is 17.3 Å². The van der Waals surface area contributed by atoms with Gasteiger partial charge in [-0.3, -0.25) is 4.79 Å². The first-order valence-electron chi connectivity index (χ1n) is 10.3. The SMILES string of the molecule is COC(=O)[C@@H](Cc1c(C)cccc1C)NC(=O)C12CC3CC(CC(C3)C1)C2. The van der Waals surface area contributed by atoms with Crippen molar-refractivity contribution >= 4 is 11.9 Å². The van der Waals surface area contributed by atoms with Crippen LogP contribution in [-0.2, 0) is 20.7 Å². The second-order valence-corrected chi connectivity index (χ2v) is 9.32. The largest absolute Gasteiger partial charge is 0.467 e. The van der Waals surface area contributed by atoms with E-state index in [1.807, 2.05) is 6.07 Å². The highest BCUT2D eigenvalue weighted by molar-refractivity contribution is 5.88. The van der Waals surface area contributed by atoms with Crippen LogP contribution in [0.2, 0.25) is 0 Å². The van der Waals surface area contributed by atoms with Gasteiger partial charge >= 0.3 is 5.97 Å². The van der Waals surface area contributed by atoms with Crippen molar-refractivity contribution in [1.82, 2.24) is 5.32 Å². The van der Waals surface area contributed by atoms with E-state index in [0.717, 1.165) is 36.0 Å². The molecule has 4 aliphatic carbocycles. The van der Waals surface area contributed by atoms with Crippen molar-refractivity contribution < 1.29 is 14.3 Å². The second kappa shape index (κ2) is 6.96. The number of ether oxygens (including phenoxy) is 1. The summed E-state index contributed by atoms with van der Waals surface area (Å²) < 4.78 is 5.03. The lowest BCUT2D eigenvalue weighted by Crippen LogP contribution is -2.56. The molecule has 0 saturated heterocycles. The van der Waals surface area contributed by atoms with Gasteiger partial charge in [0.1, 0.15) is 6.04 Å². The Bertz CT molecular complexity index is 698. The zero-order valence-electron chi connectivity index (χ0n) is 16.7. The van der Waals surface area contributed by atoms with Gasteiger partial charge in [0.05, 0.1) is 7.11 Å². The summed E-state index contributed by atoms with van der Waals surface area (Å²) in [6.45, 7) is 4.11. The van der Waals surface area contributed by atoms with E-state index in [2.05, 4.69) is 31.3 Å². The number of carbonyl (C=O) groups is 2. The molecule has 4 saturated carbocycles. The third kappa shape index (κ3) is 3.39. The minimum absolute atomic E-state index is 0.0863. The molecule has 4 aliphatic rings. The van der Waals surface area contributed by atoms with E-state index >= 15 is 0 Å². The molecule has 4 bridgehead atoms. The smallest absolute Gasteiger partial charge is 0.328 e. The standard InChI is InChI=1S/C23H31NO3/c1-14-5-4-6-15(2)19(14)10-20(21(25)27-3)24-22(26)23-11-16-7-17(12-23)9-18(8-16)13-23/h4-6,16-18,20H,7-13H2,1-3H3,(H,24,26)/t16?,17?,18?,20-,23?/m1/s1. The topological polar surface area (TPSA) is 55.4 Å². The fourth-order valence-corrected chi connectivity index (χ4v) is 6.41. The van der Waals surface area contributed by atoms with Crippen molar-refractivity contribution in [3.8, 4) is 0 Å². The van der Waals surface area contributed by atoms with Crippen LogP contribution in [0.25, 0.3) is 0 Å². The molecule has 0 aromatic heterocycles. The average Bonchev–Trinajstić information content (AvgIpc) is 2.62. The molecule has 5 rings (SSSR count). The van der Waals surface area contributed by atoms with Crippen molar-refractivity contribution in [1.29, 1.82) is 0 Å². The number of esters is 1. The zero-order valence-corrected chi connectivity index (χ0v) is 16.7. The number of hydrogen-bond acceptors (Lipinski definition) is 3. The average molecular weight is 370 g/mol. The van der Waals surface area contributed by atoms with Gasteiger partial charge in [-0.2, -0.15) is 0 Å². The number of nitrogens with one attached hydrogen (secondary N) is 1. The minimum Gasteiger partial charge on any atom is -0.467 e. The van der Waals surface area contributed by atoms with Crippen LogP contribution in [-0.4, -0.2) is 25.0 Å². The summed E-state index contributed by atoms with van der Waals surface area (Å²) in [7, 11) is 1.40. The van der Waals surface area contributed by atoms with Gasteiger partial charge in [0.15, 0.2) is 0 Å². The quantitative estimate of drug-likeness (QED) is 0.805. The van der Waals surface area contributed by atoms with Crippen LogP contribution in [0.1, 0.15) is 55.2 Å². The predicted octanol–water partition coefficient (Wildman–Crippen LogP) is 3.72. The van der Waals surface area contributed by atoms with E-state index in [1.54, 1.807) is 0 Å². The molecule has 0 unspecified atom stereocenters. The van der Waals surface area contributed by atoms with Crippen molar-refractivity contribution in [2.75, 3.05) is 7.11 Å². The van der Waals surface area contributed by atoms with Gasteiger partial charge in [-0.15, -0.1) is 0 Å². The molecule has 4 nitrogen and oxygen atoms in total. The first-order chi connectivity index (χ1) is 12.9. The first kappa shape index (κ1) is 18.5. The Balaban J connectivity index is 1.54. The maximum atomic E-state index is 13.4. The van der Waals surface area contributed by atoms with E-state index < -0.39 is 6.04 Å². The van der Waals surface area contributed by atoms with Gasteiger partial charge < -0.3 is 10.1 Å². The molecular formula is C23H31NO3. The van der Waals surface area contributed by atoms with Crippen LogP contribution in [0, 0.1) is 37.0 Å². The summed E-state index contributed by atoms with van der Waals surface area (Å²) in [5.74, 6) is 1.85. The number of hydrogen-bond donors (Lipinski definition) is 1. The Kier molecular flexibility index (Phi) is 4.77. The molecule has 1 aromatic rings. The number of benzene rings is 1. The molecule has 1 amide bonds. The fourth-order valence-electron chi connectivity index (χ4n) is 6.41. The van der Waals surface area contributed by atoms with E-state index in [9.17, 15) is 9.59 Å². The van der Waals surface area contributed by atoms with E-state index in [0.29, 0.717) is 24.2 Å². The Morgan fingerprint density at radius 3 is 2.07 bits per heavy atom. The lowest BCUT2D eigenvalue weighted by atomic mass is 9.49. The van der Waals surface area contributed by atoms with Crippen LogP contribution in [0.4, 0.5) is 0 Å². The van der Waals surface area contributed by atoms with Crippen LogP contribution in [0.5, 0.6) is 0 Å². The molecule has 4 heteroatoms. The van der Waals surface area contributed by atoms with Crippen LogP contribution in [0.3, 0.4) is 0 Å². The van der Waals surface area contributed by atoms with Crippen molar-refractivity contribution in [2.24, 2.45) is 23.2 Å². The summed E-state index contributed by atoms with van der Waals surface area (Å²) in [4.78, 5) is 25.8. The highest BCUT2D eigenvalue weighted by Crippen LogP contribution is 2.60. The highest BCUT2D eigenvalue weighted by Gasteiger charge is 2.55. The third-order valence-corrected chi connectivity index (χ3v) is 7.36. The van der Waals surface area contributed by atoms with Gasteiger partial charge in [0.2, 0.25) is 5.91 Å². The van der Waals surface area contributed by atoms with E-state index in [4.69, 9.17) is 4.74 Å². The van der Waals surface area contributed by atoms with Crippen LogP contribution < -0.4 is 5.32 Å².